The van der Waals surface area contributed by atoms with Gasteiger partial charge in [0.15, 0.2) is 0 Å². The van der Waals surface area contributed by atoms with E-state index in [9.17, 15) is 9.59 Å². The molecule has 4 heterocycles. The molecule has 2 fully saturated rings. The van der Waals surface area contributed by atoms with Crippen molar-refractivity contribution in [3.05, 3.63) is 47.5 Å². The number of carbonyl (C=O) groups is 2. The van der Waals surface area contributed by atoms with Gasteiger partial charge in [-0.3, -0.25) is 19.7 Å². The smallest absolute Gasteiger partial charge is 0.274 e. The van der Waals surface area contributed by atoms with E-state index in [-0.39, 0.29) is 17.2 Å². The minimum Gasteiger partial charge on any atom is -0.338 e. The summed E-state index contributed by atoms with van der Waals surface area (Å²) in [6.45, 7) is 4.65. The van der Waals surface area contributed by atoms with Crippen LogP contribution in [0.5, 0.6) is 0 Å². The van der Waals surface area contributed by atoms with Crippen LogP contribution in [0.25, 0.3) is 0 Å². The zero-order valence-corrected chi connectivity index (χ0v) is 15.6. The van der Waals surface area contributed by atoms with Gasteiger partial charge in [0.1, 0.15) is 5.69 Å². The number of rotatable bonds is 3. The van der Waals surface area contributed by atoms with E-state index in [1.807, 2.05) is 28.9 Å². The van der Waals surface area contributed by atoms with E-state index in [1.165, 1.54) is 0 Å². The van der Waals surface area contributed by atoms with Crippen molar-refractivity contribution in [1.29, 1.82) is 0 Å². The lowest BCUT2D eigenvalue weighted by Crippen LogP contribution is -2.54. The lowest BCUT2D eigenvalue weighted by molar-refractivity contribution is -0.139. The van der Waals surface area contributed by atoms with Crippen LogP contribution in [0.3, 0.4) is 0 Å². The Hall–Kier alpha value is -2.70. The number of H-pyrrole nitrogens is 1. The van der Waals surface area contributed by atoms with Crippen molar-refractivity contribution < 1.29 is 9.59 Å². The molecule has 7 nitrogen and oxygen atoms in total. The largest absolute Gasteiger partial charge is 0.338 e. The summed E-state index contributed by atoms with van der Waals surface area (Å²) >= 11 is 0. The van der Waals surface area contributed by atoms with Gasteiger partial charge >= 0.3 is 0 Å². The summed E-state index contributed by atoms with van der Waals surface area (Å²) in [5.74, 6) is 0.180. The predicted molar refractivity (Wildman–Crippen MR) is 99.8 cm³/mol. The average molecular weight is 367 g/mol. The van der Waals surface area contributed by atoms with Gasteiger partial charge in [0.2, 0.25) is 5.91 Å². The number of hydrogen-bond donors (Lipinski definition) is 1. The number of aryl methyl sites for hydroxylation is 1. The van der Waals surface area contributed by atoms with E-state index in [2.05, 4.69) is 15.2 Å². The molecule has 2 aliphatic rings. The number of aromatic nitrogens is 3. The quantitative estimate of drug-likeness (QED) is 0.901. The van der Waals surface area contributed by atoms with Crippen molar-refractivity contribution in [3.63, 3.8) is 0 Å². The Morgan fingerprint density at radius 2 is 2.07 bits per heavy atom. The third-order valence-electron chi connectivity index (χ3n) is 5.74. The van der Waals surface area contributed by atoms with Crippen LogP contribution in [0.15, 0.2) is 30.6 Å². The van der Waals surface area contributed by atoms with E-state index >= 15 is 0 Å². The number of likely N-dealkylation sites (tertiary alicyclic amines) is 2. The molecule has 0 aliphatic carbocycles. The fraction of sp³-hybridized carbons (Fsp3) is 0.500. The highest BCUT2D eigenvalue weighted by molar-refractivity contribution is 5.92. The first kappa shape index (κ1) is 17.7. The molecule has 27 heavy (non-hydrogen) atoms. The summed E-state index contributed by atoms with van der Waals surface area (Å²) in [4.78, 5) is 33.2. The van der Waals surface area contributed by atoms with Crippen molar-refractivity contribution in [2.24, 2.45) is 5.41 Å². The molecule has 2 aromatic rings. The Morgan fingerprint density at radius 3 is 2.81 bits per heavy atom. The topological polar surface area (TPSA) is 82.2 Å². The Balaban J connectivity index is 1.48. The molecule has 2 aliphatic heterocycles. The fourth-order valence-corrected chi connectivity index (χ4v) is 4.36. The molecule has 0 bridgehead atoms. The summed E-state index contributed by atoms with van der Waals surface area (Å²) < 4.78 is 0. The zero-order chi connectivity index (χ0) is 18.9. The van der Waals surface area contributed by atoms with Gasteiger partial charge in [-0.25, -0.2) is 0 Å². The second kappa shape index (κ2) is 7.13. The molecule has 1 atom stereocenters. The van der Waals surface area contributed by atoms with Crippen molar-refractivity contribution in [2.45, 2.75) is 39.2 Å². The molecule has 2 aromatic heterocycles. The van der Waals surface area contributed by atoms with Gasteiger partial charge in [-0.15, -0.1) is 0 Å². The molecular weight excluding hydrogens is 342 g/mol. The Labute approximate surface area is 158 Å². The minimum absolute atomic E-state index is 0.0137. The molecule has 0 aromatic carbocycles. The molecule has 0 unspecified atom stereocenters. The maximum Gasteiger partial charge on any atom is 0.274 e. The van der Waals surface area contributed by atoms with E-state index in [1.54, 1.807) is 18.5 Å². The number of pyridine rings is 1. The van der Waals surface area contributed by atoms with Crippen LogP contribution in [0.2, 0.25) is 0 Å². The lowest BCUT2D eigenvalue weighted by Gasteiger charge is -2.48. The zero-order valence-electron chi connectivity index (χ0n) is 15.6. The monoisotopic (exact) mass is 367 g/mol. The number of piperidine rings is 2. The van der Waals surface area contributed by atoms with Gasteiger partial charge in [-0.1, -0.05) is 0 Å². The van der Waals surface area contributed by atoms with Gasteiger partial charge in [0, 0.05) is 56.1 Å². The number of carbonyl (C=O) groups excluding carboxylic acids is 2. The van der Waals surface area contributed by atoms with E-state index in [4.69, 9.17) is 0 Å². The minimum atomic E-state index is -0.0176. The van der Waals surface area contributed by atoms with Crippen LogP contribution < -0.4 is 0 Å². The normalized spacial score (nSPS) is 23.1. The Kier molecular flexibility index (Phi) is 4.68. The third-order valence-corrected chi connectivity index (χ3v) is 5.74. The van der Waals surface area contributed by atoms with Crippen LogP contribution in [0, 0.1) is 12.3 Å². The number of amides is 2. The van der Waals surface area contributed by atoms with Gasteiger partial charge in [0.25, 0.3) is 5.91 Å². The first-order valence-electron chi connectivity index (χ1n) is 9.53. The molecule has 142 valence electrons. The Morgan fingerprint density at radius 1 is 1.26 bits per heavy atom. The molecule has 4 rings (SSSR count). The third kappa shape index (κ3) is 3.72. The summed E-state index contributed by atoms with van der Waals surface area (Å²) in [7, 11) is 0. The number of nitrogens with zero attached hydrogens (tertiary/aromatic N) is 4. The van der Waals surface area contributed by atoms with E-state index in [0.29, 0.717) is 31.7 Å². The Bertz CT molecular complexity index is 834. The molecule has 2 saturated heterocycles. The lowest BCUT2D eigenvalue weighted by atomic mass is 9.73. The second-order valence-electron chi connectivity index (χ2n) is 7.87. The van der Waals surface area contributed by atoms with Crippen molar-refractivity contribution >= 4 is 11.8 Å². The van der Waals surface area contributed by atoms with Crippen LogP contribution in [-0.2, 0) is 11.3 Å². The maximum atomic E-state index is 12.8. The summed E-state index contributed by atoms with van der Waals surface area (Å²) in [5, 5.41) is 6.96. The van der Waals surface area contributed by atoms with Gasteiger partial charge in [-0.2, -0.15) is 5.10 Å². The van der Waals surface area contributed by atoms with Gasteiger partial charge in [0.05, 0.1) is 0 Å². The summed E-state index contributed by atoms with van der Waals surface area (Å²) in [5.41, 5.74) is 2.44. The van der Waals surface area contributed by atoms with Gasteiger partial charge < -0.3 is 9.80 Å². The van der Waals surface area contributed by atoms with Gasteiger partial charge in [-0.05, 0) is 49.9 Å². The first-order chi connectivity index (χ1) is 13.0. The highest BCUT2D eigenvalue weighted by atomic mass is 16.2. The van der Waals surface area contributed by atoms with E-state index in [0.717, 1.165) is 37.1 Å². The molecule has 1 spiro atoms. The maximum absolute atomic E-state index is 12.8. The second-order valence-corrected chi connectivity index (χ2v) is 7.87. The standard InChI is InChI=1S/C20H25N5O2/c1-15-11-17(23-22-15)19(27)24-10-2-6-20(13-24)7-3-18(26)25(14-20)12-16-4-8-21-9-5-16/h4-5,8-9,11H,2-3,6-7,10,12-14H2,1H3,(H,22,23)/t20-/m1/s1. The predicted octanol–water partition coefficient (Wildman–Crippen LogP) is 2.16. The molecule has 7 heteroatoms. The molecular formula is C20H25N5O2. The summed E-state index contributed by atoms with van der Waals surface area (Å²) in [6, 6.07) is 5.69. The van der Waals surface area contributed by atoms with Crippen molar-refractivity contribution in [1.82, 2.24) is 25.0 Å². The van der Waals surface area contributed by atoms with Crippen molar-refractivity contribution in [2.75, 3.05) is 19.6 Å². The van der Waals surface area contributed by atoms with Crippen molar-refractivity contribution in [3.8, 4) is 0 Å². The highest BCUT2D eigenvalue weighted by Gasteiger charge is 2.43. The fourth-order valence-electron chi connectivity index (χ4n) is 4.36. The molecule has 2 amide bonds. The molecule has 0 saturated carbocycles. The highest BCUT2D eigenvalue weighted by Crippen LogP contribution is 2.39. The summed E-state index contributed by atoms with van der Waals surface area (Å²) in [6.07, 6.45) is 6.93. The number of nitrogens with one attached hydrogen (secondary N) is 1. The van der Waals surface area contributed by atoms with E-state index < -0.39 is 0 Å². The van der Waals surface area contributed by atoms with Crippen LogP contribution in [0.1, 0.15) is 47.4 Å². The molecule has 1 N–H and O–H groups in total. The van der Waals surface area contributed by atoms with Crippen LogP contribution in [0.4, 0.5) is 0 Å². The SMILES string of the molecule is Cc1cc(C(=O)N2CCC[C@@]3(CCC(=O)N(Cc4ccncc4)C3)C2)n[nH]1. The molecule has 0 radical (unpaired) electrons. The number of aromatic amines is 1. The van der Waals surface area contributed by atoms with Crippen LogP contribution in [-0.4, -0.2) is 56.4 Å². The average Bonchev–Trinajstić information content (AvgIpc) is 3.12. The number of hydrogen-bond acceptors (Lipinski definition) is 4. The first-order valence-corrected chi connectivity index (χ1v) is 9.53. The van der Waals surface area contributed by atoms with Crippen LogP contribution >= 0.6 is 0 Å².